The minimum atomic E-state index is -0.469. The fourth-order valence-electron chi connectivity index (χ4n) is 1.31. The average Bonchev–Trinajstić information content (AvgIpc) is 1.89. The molecule has 0 aliphatic rings. The predicted octanol–water partition coefficient (Wildman–Crippen LogP) is 2.54. The Labute approximate surface area is 64.5 Å². The number of aliphatic hydroxyl groups is 1. The number of hydrogen-bond donors (Lipinski definition) is 1. The highest BCUT2D eigenvalue weighted by atomic mass is 16.3. The van der Waals surface area contributed by atoms with Crippen LogP contribution in [0.4, 0.5) is 0 Å². The van der Waals surface area contributed by atoms with E-state index in [1.807, 2.05) is 0 Å². The van der Waals surface area contributed by atoms with E-state index in [0.29, 0.717) is 6.42 Å². The first-order valence-corrected chi connectivity index (χ1v) is 4.20. The van der Waals surface area contributed by atoms with Gasteiger partial charge in [-0.1, -0.05) is 33.6 Å². The molecule has 0 atom stereocenters. The van der Waals surface area contributed by atoms with Crippen LogP contribution in [-0.4, -0.2) is 10.7 Å². The Morgan fingerprint density at radius 1 is 1.20 bits per heavy atom. The van der Waals surface area contributed by atoms with Gasteiger partial charge in [-0.15, -0.1) is 0 Å². The first-order chi connectivity index (χ1) is 4.68. The summed E-state index contributed by atoms with van der Waals surface area (Å²) in [6.07, 6.45) is 4.53. The highest BCUT2D eigenvalue weighted by molar-refractivity contribution is 4.77. The minimum absolute atomic E-state index is 0.469. The van der Waals surface area contributed by atoms with Gasteiger partial charge in [0.25, 0.3) is 0 Å². The molecule has 0 heterocycles. The standard InChI is InChI=1S/C9H19O/c1-4-7-9(10,6-3)8-5-2/h10H,3-8H2,1-2H3. The van der Waals surface area contributed by atoms with Crippen molar-refractivity contribution in [1.29, 1.82) is 0 Å². The Morgan fingerprint density at radius 3 is 1.80 bits per heavy atom. The molecule has 0 aromatic rings. The molecule has 1 nitrogen and oxygen atoms in total. The van der Waals surface area contributed by atoms with Gasteiger partial charge in [-0.2, -0.15) is 0 Å². The SMILES string of the molecule is [CH2]CC(O)(CCC)CCC. The summed E-state index contributed by atoms with van der Waals surface area (Å²) in [5, 5.41) is 9.76. The van der Waals surface area contributed by atoms with Crippen LogP contribution >= 0.6 is 0 Å². The largest absolute Gasteiger partial charge is 0.390 e. The van der Waals surface area contributed by atoms with E-state index in [-0.39, 0.29) is 0 Å². The summed E-state index contributed by atoms with van der Waals surface area (Å²) in [4.78, 5) is 0. The van der Waals surface area contributed by atoms with Crippen LogP contribution in [0.25, 0.3) is 0 Å². The molecule has 0 rings (SSSR count). The van der Waals surface area contributed by atoms with E-state index < -0.39 is 5.60 Å². The van der Waals surface area contributed by atoms with Crippen molar-refractivity contribution in [1.82, 2.24) is 0 Å². The molecule has 0 aromatic heterocycles. The topological polar surface area (TPSA) is 20.2 Å². The zero-order valence-electron chi connectivity index (χ0n) is 7.19. The van der Waals surface area contributed by atoms with Gasteiger partial charge < -0.3 is 5.11 Å². The summed E-state index contributed by atoms with van der Waals surface area (Å²) in [6, 6.07) is 0. The summed E-state index contributed by atoms with van der Waals surface area (Å²) in [7, 11) is 0. The Hall–Kier alpha value is -0.0400. The monoisotopic (exact) mass is 143 g/mol. The van der Waals surface area contributed by atoms with Gasteiger partial charge in [0, 0.05) is 0 Å². The molecule has 0 bridgehead atoms. The maximum atomic E-state index is 9.76. The van der Waals surface area contributed by atoms with Crippen molar-refractivity contribution in [3.8, 4) is 0 Å². The van der Waals surface area contributed by atoms with E-state index >= 15 is 0 Å². The second-order valence-corrected chi connectivity index (χ2v) is 2.97. The third-order valence-electron chi connectivity index (χ3n) is 1.90. The first-order valence-electron chi connectivity index (χ1n) is 4.20. The molecule has 0 fully saturated rings. The molecule has 0 aliphatic carbocycles. The van der Waals surface area contributed by atoms with Crippen LogP contribution in [0.5, 0.6) is 0 Å². The summed E-state index contributed by atoms with van der Waals surface area (Å²) in [5.41, 5.74) is -0.469. The zero-order valence-corrected chi connectivity index (χ0v) is 7.19. The van der Waals surface area contributed by atoms with Gasteiger partial charge in [-0.25, -0.2) is 0 Å². The fraction of sp³-hybridized carbons (Fsp3) is 0.889. The molecule has 1 N–H and O–H groups in total. The van der Waals surface area contributed by atoms with Crippen LogP contribution in [-0.2, 0) is 0 Å². The molecule has 0 unspecified atom stereocenters. The summed E-state index contributed by atoms with van der Waals surface area (Å²) in [6.45, 7) is 7.93. The molecule has 0 amide bonds. The zero-order chi connectivity index (χ0) is 8.04. The van der Waals surface area contributed by atoms with Crippen LogP contribution in [0.3, 0.4) is 0 Å². The number of rotatable bonds is 5. The van der Waals surface area contributed by atoms with Crippen LogP contribution in [0.2, 0.25) is 0 Å². The Kier molecular flexibility index (Phi) is 4.71. The lowest BCUT2D eigenvalue weighted by Gasteiger charge is -2.25. The molecule has 0 aromatic carbocycles. The predicted molar refractivity (Wildman–Crippen MR) is 44.7 cm³/mol. The Bertz CT molecular complexity index is 72.8. The van der Waals surface area contributed by atoms with E-state index in [4.69, 9.17) is 0 Å². The molecular weight excluding hydrogens is 124 g/mol. The quantitative estimate of drug-likeness (QED) is 0.627. The van der Waals surface area contributed by atoms with E-state index in [0.717, 1.165) is 25.7 Å². The van der Waals surface area contributed by atoms with Crippen LogP contribution in [0.15, 0.2) is 0 Å². The lowest BCUT2D eigenvalue weighted by atomic mass is 9.90. The van der Waals surface area contributed by atoms with Gasteiger partial charge in [-0.3, -0.25) is 0 Å². The van der Waals surface area contributed by atoms with Crippen molar-refractivity contribution in [3.63, 3.8) is 0 Å². The van der Waals surface area contributed by atoms with Crippen molar-refractivity contribution in [2.24, 2.45) is 0 Å². The molecule has 0 saturated carbocycles. The van der Waals surface area contributed by atoms with Gasteiger partial charge in [0.1, 0.15) is 0 Å². The van der Waals surface area contributed by atoms with Crippen molar-refractivity contribution in [3.05, 3.63) is 6.92 Å². The van der Waals surface area contributed by atoms with Gasteiger partial charge in [0.05, 0.1) is 5.60 Å². The van der Waals surface area contributed by atoms with Gasteiger partial charge in [0.15, 0.2) is 0 Å². The smallest absolute Gasteiger partial charge is 0.0647 e. The van der Waals surface area contributed by atoms with Crippen molar-refractivity contribution in [2.45, 2.75) is 51.6 Å². The maximum Gasteiger partial charge on any atom is 0.0647 e. The molecule has 61 valence electrons. The lowest BCUT2D eigenvalue weighted by Crippen LogP contribution is -2.26. The third kappa shape index (κ3) is 3.21. The fourth-order valence-corrected chi connectivity index (χ4v) is 1.31. The van der Waals surface area contributed by atoms with Crippen molar-refractivity contribution < 1.29 is 5.11 Å². The highest BCUT2D eigenvalue weighted by Crippen LogP contribution is 2.22. The Morgan fingerprint density at radius 2 is 1.60 bits per heavy atom. The molecule has 0 saturated heterocycles. The maximum absolute atomic E-state index is 9.76. The molecule has 0 spiro atoms. The molecule has 1 radical (unpaired) electrons. The molecule has 10 heavy (non-hydrogen) atoms. The third-order valence-corrected chi connectivity index (χ3v) is 1.90. The van der Waals surface area contributed by atoms with Gasteiger partial charge in [-0.05, 0) is 19.3 Å². The molecule has 1 heteroatoms. The summed E-state index contributed by atoms with van der Waals surface area (Å²) >= 11 is 0. The minimum Gasteiger partial charge on any atom is -0.390 e. The summed E-state index contributed by atoms with van der Waals surface area (Å²) < 4.78 is 0. The number of hydrogen-bond acceptors (Lipinski definition) is 1. The second kappa shape index (κ2) is 4.73. The van der Waals surface area contributed by atoms with Crippen LogP contribution < -0.4 is 0 Å². The average molecular weight is 143 g/mol. The van der Waals surface area contributed by atoms with Crippen molar-refractivity contribution >= 4 is 0 Å². The van der Waals surface area contributed by atoms with Gasteiger partial charge >= 0.3 is 0 Å². The van der Waals surface area contributed by atoms with Crippen molar-refractivity contribution in [2.75, 3.05) is 0 Å². The van der Waals surface area contributed by atoms with Gasteiger partial charge in [0.2, 0.25) is 0 Å². The highest BCUT2D eigenvalue weighted by Gasteiger charge is 2.21. The summed E-state index contributed by atoms with van der Waals surface area (Å²) in [5.74, 6) is 0. The van der Waals surface area contributed by atoms with E-state index in [1.54, 1.807) is 0 Å². The lowest BCUT2D eigenvalue weighted by molar-refractivity contribution is 0.0235. The second-order valence-electron chi connectivity index (χ2n) is 2.97. The normalized spacial score (nSPS) is 12.0. The molecular formula is C9H19O. The van der Waals surface area contributed by atoms with Crippen LogP contribution in [0, 0.1) is 6.92 Å². The Balaban J connectivity index is 3.69. The van der Waals surface area contributed by atoms with E-state index in [2.05, 4.69) is 20.8 Å². The van der Waals surface area contributed by atoms with Crippen LogP contribution in [0.1, 0.15) is 46.0 Å². The first kappa shape index (κ1) is 9.96. The van der Waals surface area contributed by atoms with E-state index in [1.165, 1.54) is 0 Å². The van der Waals surface area contributed by atoms with E-state index in [9.17, 15) is 5.11 Å². The molecule has 0 aliphatic heterocycles.